The summed E-state index contributed by atoms with van der Waals surface area (Å²) in [6.07, 6.45) is 27.5. The third-order valence-electron chi connectivity index (χ3n) is 14.2. The Morgan fingerprint density at radius 2 is 0.571 bits per heavy atom. The fraction of sp³-hybridized carbons (Fsp3) is 0.0625. The first-order valence-electron chi connectivity index (χ1n) is 26.8. The average molecular weight is 1110 g/mol. The normalized spacial score (nSPS) is 11.6. The first kappa shape index (κ1) is 51.6. The van der Waals surface area contributed by atoms with Gasteiger partial charge in [-0.3, -0.25) is 19.2 Å². The number of benzene rings is 4. The lowest BCUT2D eigenvalue weighted by Crippen LogP contribution is -2.18. The molecule has 8 bridgehead atoms. The maximum atomic E-state index is 13.9. The number of amides is 4. The Bertz CT molecular complexity index is 3970. The van der Waals surface area contributed by atoms with Crippen molar-refractivity contribution in [2.45, 2.75) is 26.2 Å². The van der Waals surface area contributed by atoms with E-state index in [1.165, 1.54) is 0 Å². The lowest BCUT2D eigenvalue weighted by Gasteiger charge is -2.14. The average Bonchev–Trinajstić information content (AvgIpc) is 2.34. The number of fused-ring (bicyclic) bond motifs is 8. The molecular formula is C64H50N16O4. The van der Waals surface area contributed by atoms with Crippen LogP contribution in [0.5, 0.6) is 0 Å². The molecule has 0 aliphatic carbocycles. The van der Waals surface area contributed by atoms with Gasteiger partial charge in [-0.2, -0.15) is 0 Å². The summed E-state index contributed by atoms with van der Waals surface area (Å²) in [4.78, 5) is 90.5. The maximum absolute atomic E-state index is 13.9. The molecular weight excluding hydrogens is 1060 g/mol. The first-order chi connectivity index (χ1) is 41.2. The van der Waals surface area contributed by atoms with Crippen molar-refractivity contribution < 1.29 is 19.2 Å². The number of hydrogen-bond acceptors (Lipinski definition) is 10. The number of para-hydroxylation sites is 4. The lowest BCUT2D eigenvalue weighted by atomic mass is 10.0. The van der Waals surface area contributed by atoms with Crippen molar-refractivity contribution >= 4 is 92.7 Å². The molecule has 6 N–H and O–H groups in total. The second-order valence-electron chi connectivity index (χ2n) is 19.8. The van der Waals surface area contributed by atoms with E-state index in [1.54, 1.807) is 93.2 Å². The summed E-state index contributed by atoms with van der Waals surface area (Å²) in [6, 6.07) is 38.2. The van der Waals surface area contributed by atoms with Crippen molar-refractivity contribution in [2.75, 3.05) is 21.3 Å². The molecule has 0 fully saturated rings. The predicted molar refractivity (Wildman–Crippen MR) is 324 cm³/mol. The van der Waals surface area contributed by atoms with Gasteiger partial charge in [-0.05, 0) is 72.8 Å². The number of aromatic amines is 2. The van der Waals surface area contributed by atoms with Gasteiger partial charge < -0.3 is 49.5 Å². The molecule has 2 aliphatic rings. The molecule has 11 aromatic rings. The van der Waals surface area contributed by atoms with Crippen molar-refractivity contribution in [1.29, 1.82) is 0 Å². The number of nitrogens with one attached hydrogen (secondary N) is 6. The Morgan fingerprint density at radius 1 is 0.333 bits per heavy atom. The van der Waals surface area contributed by atoms with Gasteiger partial charge >= 0.3 is 0 Å². The van der Waals surface area contributed by atoms with E-state index in [0.717, 1.165) is 0 Å². The van der Waals surface area contributed by atoms with Crippen LogP contribution in [0.4, 0.5) is 22.7 Å². The molecule has 4 amide bonds. The van der Waals surface area contributed by atoms with E-state index in [2.05, 4.69) is 51.2 Å². The summed E-state index contributed by atoms with van der Waals surface area (Å²) in [5.74, 6) is -1.06. The van der Waals surface area contributed by atoms with E-state index in [9.17, 15) is 19.2 Å². The van der Waals surface area contributed by atoms with Gasteiger partial charge in [0, 0.05) is 139 Å². The summed E-state index contributed by atoms with van der Waals surface area (Å²) in [5, 5.41) is 12.7. The number of hydrogen-bond donors (Lipinski definition) is 6. The predicted octanol–water partition coefficient (Wildman–Crippen LogP) is 10.7. The number of rotatable bonds is 16. The second-order valence-corrected chi connectivity index (χ2v) is 19.8. The number of H-pyrrole nitrogens is 2. The second kappa shape index (κ2) is 22.7. The van der Waals surface area contributed by atoms with Gasteiger partial charge in [0.15, 0.2) is 0 Å². The van der Waals surface area contributed by atoms with Gasteiger partial charge in [0.05, 0.1) is 48.1 Å². The zero-order valence-corrected chi connectivity index (χ0v) is 44.7. The van der Waals surface area contributed by atoms with Gasteiger partial charge in [0.25, 0.3) is 0 Å². The van der Waals surface area contributed by atoms with Crippen LogP contribution in [-0.4, -0.2) is 81.8 Å². The van der Waals surface area contributed by atoms with Crippen molar-refractivity contribution in [3.05, 3.63) is 219 Å². The van der Waals surface area contributed by atoms with E-state index in [1.807, 2.05) is 146 Å². The molecule has 0 saturated carbocycles. The highest BCUT2D eigenvalue weighted by molar-refractivity contribution is 6.07. The minimum atomic E-state index is -0.265. The van der Waals surface area contributed by atoms with Gasteiger partial charge in [-0.1, -0.05) is 72.8 Å². The monoisotopic (exact) mass is 1110 g/mol. The van der Waals surface area contributed by atoms with Crippen LogP contribution in [0.25, 0.3) is 90.9 Å². The molecule has 0 spiro atoms. The molecule has 20 heteroatoms. The van der Waals surface area contributed by atoms with Crippen LogP contribution in [0, 0.1) is 0 Å². The number of carbonyl (C=O) groups excluding carboxylic acids is 4. The van der Waals surface area contributed by atoms with Gasteiger partial charge in [0.2, 0.25) is 23.6 Å². The summed E-state index contributed by atoms with van der Waals surface area (Å²) in [6.45, 7) is 0.114. The topological polar surface area (TPSA) is 245 Å². The van der Waals surface area contributed by atoms with Crippen molar-refractivity contribution in [2.24, 2.45) is 0 Å². The quantitative estimate of drug-likeness (QED) is 0.0534. The van der Waals surface area contributed by atoms with Crippen molar-refractivity contribution in [1.82, 2.24) is 58.1 Å². The Hall–Kier alpha value is -11.8. The van der Waals surface area contributed by atoms with Crippen LogP contribution in [0.1, 0.15) is 22.8 Å². The van der Waals surface area contributed by atoms with Crippen molar-refractivity contribution in [3.8, 4) is 44.5 Å². The highest BCUT2D eigenvalue weighted by Crippen LogP contribution is 2.43. The van der Waals surface area contributed by atoms with Crippen LogP contribution >= 0.6 is 0 Å². The number of aromatic nitrogens is 12. The Balaban J connectivity index is 1.09. The molecule has 2 aliphatic heterocycles. The molecule has 9 heterocycles. The molecule has 7 aromatic heterocycles. The summed E-state index contributed by atoms with van der Waals surface area (Å²) in [7, 11) is 0. The van der Waals surface area contributed by atoms with Crippen LogP contribution in [0.15, 0.2) is 196 Å². The Morgan fingerprint density at radius 3 is 0.798 bits per heavy atom. The largest absolute Gasteiger partial charge is 0.354 e. The van der Waals surface area contributed by atoms with Crippen LogP contribution < -0.4 is 21.3 Å². The molecule has 84 heavy (non-hydrogen) atoms. The van der Waals surface area contributed by atoms with Crippen LogP contribution in [0.3, 0.4) is 0 Å². The Labute approximate surface area is 479 Å². The zero-order valence-electron chi connectivity index (χ0n) is 44.7. The molecule has 13 rings (SSSR count). The minimum absolute atomic E-state index is 0.0285. The molecule has 0 unspecified atom stereocenters. The third-order valence-corrected chi connectivity index (χ3v) is 14.2. The van der Waals surface area contributed by atoms with E-state index in [-0.39, 0.29) is 49.8 Å². The maximum Gasteiger partial charge on any atom is 0.244 e. The van der Waals surface area contributed by atoms with Gasteiger partial charge in [-0.25, -0.2) is 29.9 Å². The van der Waals surface area contributed by atoms with E-state index in [0.29, 0.717) is 112 Å². The van der Waals surface area contributed by atoms with E-state index >= 15 is 0 Å². The minimum Gasteiger partial charge on any atom is -0.354 e. The van der Waals surface area contributed by atoms with E-state index in [4.69, 9.17) is 9.97 Å². The highest BCUT2D eigenvalue weighted by atomic mass is 16.2. The standard InChI is InChI=1S/C64H50N16O4/c81-57(33-77-29-25-65-37-77)73-45-13-5-1-9-41(45)61-49-17-19-51(69-49)62(42-10-2-6-14-46(42)74-58(82)34-78-30-26-66-38-78)53-21-23-55(71-53)64(44-12-4-8-16-48(44)76-60(84)36-80-32-28-68-40-80)56-24-22-54(72-56)63(52-20-18-50(61)70-52)43-11-3-7-15-47(43)75-59(83)35-79-31-27-67-39-79/h1-32,37-40,69,72H,33-36H2,(H,73,81)(H,74,82)(H,75,83)(H,76,84). The highest BCUT2D eigenvalue weighted by Gasteiger charge is 2.24. The molecule has 0 saturated heterocycles. The summed E-state index contributed by atoms with van der Waals surface area (Å²) in [5.41, 5.74) is 12.3. The molecule has 20 nitrogen and oxygen atoms in total. The summed E-state index contributed by atoms with van der Waals surface area (Å²) < 4.78 is 6.78. The molecule has 0 atom stereocenters. The van der Waals surface area contributed by atoms with Crippen LogP contribution in [0.2, 0.25) is 0 Å². The molecule has 0 radical (unpaired) electrons. The van der Waals surface area contributed by atoms with Gasteiger partial charge in [-0.15, -0.1) is 0 Å². The third kappa shape index (κ3) is 10.8. The number of anilines is 4. The number of nitrogens with zero attached hydrogens (tertiary/aromatic N) is 10. The zero-order chi connectivity index (χ0) is 56.9. The van der Waals surface area contributed by atoms with E-state index < -0.39 is 0 Å². The molecule has 4 aromatic carbocycles. The molecule has 410 valence electrons. The fourth-order valence-electron chi connectivity index (χ4n) is 10.5. The fourth-order valence-corrected chi connectivity index (χ4v) is 10.5. The smallest absolute Gasteiger partial charge is 0.244 e. The first-order valence-corrected chi connectivity index (χ1v) is 26.8. The Kier molecular flexibility index (Phi) is 14.0. The van der Waals surface area contributed by atoms with Gasteiger partial charge in [0.1, 0.15) is 26.2 Å². The SMILES string of the molecule is O=C(Cn1ccnc1)Nc1ccccc1-c1c2nc(c(-c3ccccc3NC(=O)Cn3ccnc3)c3ccc([nH]3)c(-c3ccccc3NC(=O)Cn3ccnc3)c3nc(c(-c4ccccc4NC(=O)Cn4ccnc4)c4ccc1[nH]4)C=C3)C=C2. The number of imidazole rings is 4. The number of carbonyl (C=O) groups is 4. The van der Waals surface area contributed by atoms with Crippen LogP contribution in [-0.2, 0) is 45.4 Å². The van der Waals surface area contributed by atoms with Crippen molar-refractivity contribution in [3.63, 3.8) is 0 Å². The lowest BCUT2D eigenvalue weighted by molar-refractivity contribution is -0.117. The summed E-state index contributed by atoms with van der Waals surface area (Å²) >= 11 is 0.